The van der Waals surface area contributed by atoms with E-state index in [9.17, 15) is 4.79 Å². The Kier molecular flexibility index (Phi) is 7.47. The Bertz CT molecular complexity index is 1340. The zero-order chi connectivity index (χ0) is 25.5. The van der Waals surface area contributed by atoms with Crippen LogP contribution in [0.15, 0.2) is 122 Å². The largest absolute Gasteiger partial charge is 0.323 e. The maximum atomic E-state index is 13.0. The van der Waals surface area contributed by atoms with Gasteiger partial charge in [-0.15, -0.1) is 11.8 Å². The summed E-state index contributed by atoms with van der Waals surface area (Å²) in [6.07, 6.45) is 5.67. The number of aromatic nitrogens is 3. The summed E-state index contributed by atoms with van der Waals surface area (Å²) in [4.78, 5) is 17.2. The first-order chi connectivity index (χ1) is 18.2. The van der Waals surface area contributed by atoms with Crippen LogP contribution >= 0.6 is 11.8 Å². The van der Waals surface area contributed by atoms with Crippen LogP contribution < -0.4 is 5.32 Å². The van der Waals surface area contributed by atoms with Crippen molar-refractivity contribution in [2.24, 2.45) is 0 Å². The molecule has 6 heteroatoms. The lowest BCUT2D eigenvalue weighted by Gasteiger charge is -2.35. The molecule has 0 aliphatic carbocycles. The molecule has 184 valence electrons. The van der Waals surface area contributed by atoms with Gasteiger partial charge in [0.05, 0.1) is 34.2 Å². The zero-order valence-corrected chi connectivity index (χ0v) is 21.4. The van der Waals surface area contributed by atoms with Crippen LogP contribution in [0.25, 0.3) is 5.69 Å². The number of hydrogen-bond donors (Lipinski definition) is 1. The first-order valence-corrected chi connectivity index (χ1v) is 13.2. The highest BCUT2D eigenvalue weighted by atomic mass is 32.2. The molecule has 0 radical (unpaired) electrons. The van der Waals surface area contributed by atoms with Crippen molar-refractivity contribution < 1.29 is 4.79 Å². The van der Waals surface area contributed by atoms with Crippen LogP contribution in [0.1, 0.15) is 28.8 Å². The molecule has 5 aromatic rings. The molecule has 3 aromatic carbocycles. The van der Waals surface area contributed by atoms with Gasteiger partial charge in [0.1, 0.15) is 0 Å². The normalized spacial score (nSPS) is 11.3. The summed E-state index contributed by atoms with van der Waals surface area (Å²) in [5, 5.41) is 7.58. The van der Waals surface area contributed by atoms with Gasteiger partial charge in [-0.1, -0.05) is 91.0 Å². The molecule has 0 fully saturated rings. The van der Waals surface area contributed by atoms with Crippen molar-refractivity contribution in [1.29, 1.82) is 0 Å². The zero-order valence-electron chi connectivity index (χ0n) is 20.6. The molecular formula is C31H28N4OS. The van der Waals surface area contributed by atoms with Crippen LogP contribution in [0.4, 0.5) is 5.69 Å². The number of anilines is 1. The molecule has 0 saturated heterocycles. The van der Waals surface area contributed by atoms with E-state index in [1.165, 1.54) is 16.7 Å². The lowest BCUT2D eigenvalue weighted by Crippen LogP contribution is -2.26. The molecule has 0 spiro atoms. The van der Waals surface area contributed by atoms with Gasteiger partial charge < -0.3 is 5.32 Å². The van der Waals surface area contributed by atoms with E-state index < -0.39 is 4.75 Å². The van der Waals surface area contributed by atoms with Crippen molar-refractivity contribution in [3.05, 3.63) is 144 Å². The van der Waals surface area contributed by atoms with E-state index in [-0.39, 0.29) is 5.91 Å². The van der Waals surface area contributed by atoms with Gasteiger partial charge in [-0.3, -0.25) is 9.78 Å². The Hall–Kier alpha value is -4.16. The molecule has 0 saturated carbocycles. The van der Waals surface area contributed by atoms with Gasteiger partial charge in [0.2, 0.25) is 5.91 Å². The van der Waals surface area contributed by atoms with Gasteiger partial charge in [0, 0.05) is 18.4 Å². The highest BCUT2D eigenvalue weighted by Crippen LogP contribution is 2.48. The summed E-state index contributed by atoms with van der Waals surface area (Å²) in [6.45, 7) is 1.89. The van der Waals surface area contributed by atoms with Crippen LogP contribution in [0, 0.1) is 6.92 Å². The molecule has 0 aliphatic rings. The number of nitrogens with one attached hydrogen (secondary N) is 1. The third-order valence-electron chi connectivity index (χ3n) is 6.27. The van der Waals surface area contributed by atoms with E-state index >= 15 is 0 Å². The van der Waals surface area contributed by atoms with Crippen molar-refractivity contribution in [1.82, 2.24) is 14.8 Å². The fraction of sp³-hybridized carbons (Fsp3) is 0.129. The Morgan fingerprint density at radius 3 is 1.92 bits per heavy atom. The summed E-state index contributed by atoms with van der Waals surface area (Å²) in [5.74, 6) is 0.602. The van der Waals surface area contributed by atoms with Gasteiger partial charge in [0.15, 0.2) is 0 Å². The molecule has 1 N–H and O–H groups in total. The summed E-state index contributed by atoms with van der Waals surface area (Å²) in [7, 11) is 0. The molecule has 5 rings (SSSR count). The number of carbonyl (C=O) groups excluding carboxylic acids is 1. The van der Waals surface area contributed by atoms with E-state index in [2.05, 4.69) is 88.2 Å². The number of amides is 1. The standard InChI is InChI=1S/C31H28N4OS/c1-24-29(23-35(34-24)28-18-11-20-32-22-28)33-30(36)19-21-37-31(25-12-5-2-6-13-25,26-14-7-3-8-15-26)27-16-9-4-10-17-27/h2-18,20,22-23H,19,21H2,1H3,(H,33,36). The molecule has 0 aliphatic heterocycles. The molecule has 1 amide bonds. The number of nitrogens with zero attached hydrogens (tertiary/aromatic N) is 3. The minimum absolute atomic E-state index is 0.0376. The van der Waals surface area contributed by atoms with Gasteiger partial charge in [-0.25, -0.2) is 4.68 Å². The molecule has 0 atom stereocenters. The molecule has 0 unspecified atom stereocenters. The second-order valence-corrected chi connectivity index (χ2v) is 10.0. The van der Waals surface area contributed by atoms with Gasteiger partial charge in [-0.2, -0.15) is 5.10 Å². The second-order valence-electron chi connectivity index (χ2n) is 8.71. The third-order valence-corrected chi connectivity index (χ3v) is 7.82. The van der Waals surface area contributed by atoms with E-state index in [4.69, 9.17) is 0 Å². The first kappa shape index (κ1) is 24.5. The maximum Gasteiger partial charge on any atom is 0.225 e. The summed E-state index contributed by atoms with van der Waals surface area (Å²) < 4.78 is 1.29. The number of carbonyl (C=O) groups is 1. The molecule has 2 aromatic heterocycles. The predicted molar refractivity (Wildman–Crippen MR) is 151 cm³/mol. The highest BCUT2D eigenvalue weighted by molar-refractivity contribution is 8.00. The van der Waals surface area contributed by atoms with Crippen LogP contribution in [0.2, 0.25) is 0 Å². The number of thioether (sulfide) groups is 1. The monoisotopic (exact) mass is 504 g/mol. The van der Waals surface area contributed by atoms with Crippen molar-refractivity contribution >= 4 is 23.4 Å². The van der Waals surface area contributed by atoms with Crippen molar-refractivity contribution in [2.45, 2.75) is 18.1 Å². The lowest BCUT2D eigenvalue weighted by atomic mass is 9.84. The van der Waals surface area contributed by atoms with E-state index in [1.807, 2.05) is 43.5 Å². The Balaban J connectivity index is 1.38. The van der Waals surface area contributed by atoms with Crippen molar-refractivity contribution in [3.63, 3.8) is 0 Å². The maximum absolute atomic E-state index is 13.0. The Labute approximate surface area is 221 Å². The molecule has 0 bridgehead atoms. The second kappa shape index (κ2) is 11.3. The first-order valence-electron chi connectivity index (χ1n) is 12.2. The molecule has 5 nitrogen and oxygen atoms in total. The summed E-state index contributed by atoms with van der Waals surface area (Å²) in [6, 6.07) is 35.4. The smallest absolute Gasteiger partial charge is 0.225 e. The van der Waals surface area contributed by atoms with Crippen LogP contribution in [-0.2, 0) is 9.54 Å². The van der Waals surface area contributed by atoms with E-state index in [0.29, 0.717) is 17.9 Å². The number of aryl methyl sites for hydroxylation is 1. The minimum Gasteiger partial charge on any atom is -0.323 e. The number of benzene rings is 3. The average molecular weight is 505 g/mol. The quantitative estimate of drug-likeness (QED) is 0.229. The average Bonchev–Trinajstić information content (AvgIpc) is 3.33. The fourth-order valence-electron chi connectivity index (χ4n) is 4.48. The fourth-order valence-corrected chi connectivity index (χ4v) is 5.98. The Morgan fingerprint density at radius 1 is 0.838 bits per heavy atom. The lowest BCUT2D eigenvalue weighted by molar-refractivity contribution is -0.115. The molecular weight excluding hydrogens is 476 g/mol. The number of hydrogen-bond acceptors (Lipinski definition) is 4. The predicted octanol–water partition coefficient (Wildman–Crippen LogP) is 6.63. The molecule has 2 heterocycles. The Morgan fingerprint density at radius 2 is 1.41 bits per heavy atom. The van der Waals surface area contributed by atoms with Crippen LogP contribution in [-0.4, -0.2) is 26.4 Å². The van der Waals surface area contributed by atoms with Crippen molar-refractivity contribution in [3.8, 4) is 5.69 Å². The summed E-state index contributed by atoms with van der Waals surface area (Å²) >= 11 is 1.78. The van der Waals surface area contributed by atoms with E-state index in [0.717, 1.165) is 11.4 Å². The van der Waals surface area contributed by atoms with E-state index in [1.54, 1.807) is 28.8 Å². The van der Waals surface area contributed by atoms with Crippen LogP contribution in [0.3, 0.4) is 0 Å². The minimum atomic E-state index is -0.439. The topological polar surface area (TPSA) is 59.8 Å². The number of rotatable bonds is 9. The van der Waals surface area contributed by atoms with Gasteiger partial charge in [0.25, 0.3) is 0 Å². The van der Waals surface area contributed by atoms with Gasteiger partial charge in [-0.05, 0) is 35.7 Å². The van der Waals surface area contributed by atoms with Gasteiger partial charge >= 0.3 is 0 Å². The number of pyridine rings is 1. The summed E-state index contributed by atoms with van der Waals surface area (Å²) in [5.41, 5.74) is 5.88. The SMILES string of the molecule is Cc1nn(-c2cccnc2)cc1NC(=O)CCSC(c1ccccc1)(c1ccccc1)c1ccccc1. The van der Waals surface area contributed by atoms with Crippen LogP contribution in [0.5, 0.6) is 0 Å². The molecule has 37 heavy (non-hydrogen) atoms. The highest BCUT2D eigenvalue weighted by Gasteiger charge is 2.36. The third kappa shape index (κ3) is 5.34. The van der Waals surface area contributed by atoms with Crippen molar-refractivity contribution in [2.75, 3.05) is 11.1 Å².